The molecular formula is C19H36O5. The van der Waals surface area contributed by atoms with Gasteiger partial charge in [-0.3, -0.25) is 0 Å². The molecule has 142 valence electrons. The minimum atomic E-state index is -1.03. The van der Waals surface area contributed by atoms with Crippen molar-refractivity contribution in [3.05, 3.63) is 12.2 Å². The summed E-state index contributed by atoms with van der Waals surface area (Å²) in [5.41, 5.74) is 0. The molecule has 24 heavy (non-hydrogen) atoms. The lowest BCUT2D eigenvalue weighted by atomic mass is 10.1. The van der Waals surface area contributed by atoms with Crippen molar-refractivity contribution >= 4 is 0 Å². The predicted molar refractivity (Wildman–Crippen MR) is 94.9 cm³/mol. The minimum Gasteiger partial charge on any atom is -0.388 e. The Balaban J connectivity index is 1.85. The predicted octanol–water partition coefficient (Wildman–Crippen LogP) is 2.57. The van der Waals surface area contributed by atoms with Gasteiger partial charge in [0.25, 0.3) is 0 Å². The van der Waals surface area contributed by atoms with Gasteiger partial charge in [-0.15, -0.1) is 0 Å². The Kier molecular flexibility index (Phi) is 12.4. The van der Waals surface area contributed by atoms with E-state index in [-0.39, 0.29) is 13.2 Å². The number of rotatable bonds is 14. The highest BCUT2D eigenvalue weighted by atomic mass is 16.5. The fourth-order valence-corrected chi connectivity index (χ4v) is 2.84. The van der Waals surface area contributed by atoms with Gasteiger partial charge in [-0.1, -0.05) is 51.2 Å². The van der Waals surface area contributed by atoms with Crippen molar-refractivity contribution in [1.82, 2.24) is 0 Å². The molecule has 0 aliphatic carbocycles. The molecule has 1 fully saturated rings. The molecule has 5 nitrogen and oxygen atoms in total. The van der Waals surface area contributed by atoms with Gasteiger partial charge in [0.15, 0.2) is 0 Å². The molecule has 3 N–H and O–H groups in total. The van der Waals surface area contributed by atoms with Crippen molar-refractivity contribution < 1.29 is 24.8 Å². The van der Waals surface area contributed by atoms with E-state index in [0.717, 1.165) is 12.8 Å². The van der Waals surface area contributed by atoms with Crippen LogP contribution in [-0.4, -0.2) is 59.6 Å². The Morgan fingerprint density at radius 2 is 1.71 bits per heavy atom. The molecule has 1 heterocycles. The van der Waals surface area contributed by atoms with Crippen molar-refractivity contribution in [2.75, 3.05) is 19.8 Å². The van der Waals surface area contributed by atoms with Crippen LogP contribution in [0.15, 0.2) is 12.2 Å². The second-order valence-electron chi connectivity index (χ2n) is 6.67. The summed E-state index contributed by atoms with van der Waals surface area (Å²) in [5, 5.41) is 28.9. The van der Waals surface area contributed by atoms with Crippen molar-refractivity contribution in [1.29, 1.82) is 0 Å². The average Bonchev–Trinajstić information content (AvgIpc) is 2.91. The largest absolute Gasteiger partial charge is 0.388 e. The van der Waals surface area contributed by atoms with Gasteiger partial charge in [0.1, 0.15) is 24.4 Å². The molecule has 0 saturated carbocycles. The summed E-state index contributed by atoms with van der Waals surface area (Å²) in [6.07, 6.45) is 11.8. The van der Waals surface area contributed by atoms with E-state index in [1.807, 2.05) is 0 Å². The van der Waals surface area contributed by atoms with E-state index in [0.29, 0.717) is 6.61 Å². The van der Waals surface area contributed by atoms with E-state index in [9.17, 15) is 15.3 Å². The maximum absolute atomic E-state index is 9.89. The number of aliphatic hydroxyl groups is 3. The van der Waals surface area contributed by atoms with Crippen LogP contribution in [-0.2, 0) is 9.47 Å². The Labute approximate surface area is 146 Å². The number of unbranched alkanes of at least 4 members (excludes halogenated alkanes) is 7. The first-order valence-electron chi connectivity index (χ1n) is 9.55. The maximum atomic E-state index is 9.89. The summed E-state index contributed by atoms with van der Waals surface area (Å²) in [6.45, 7) is 3.02. The maximum Gasteiger partial charge on any atom is 0.114 e. The molecule has 0 amide bonds. The molecule has 5 heteroatoms. The first kappa shape index (κ1) is 21.6. The van der Waals surface area contributed by atoms with Crippen molar-refractivity contribution in [3.8, 4) is 0 Å². The van der Waals surface area contributed by atoms with E-state index >= 15 is 0 Å². The van der Waals surface area contributed by atoms with Crippen molar-refractivity contribution in [2.45, 2.75) is 89.1 Å². The summed E-state index contributed by atoms with van der Waals surface area (Å²) in [6, 6.07) is 0. The Hall–Kier alpha value is -0.460. The minimum absolute atomic E-state index is 0.0668. The van der Waals surface area contributed by atoms with Crippen LogP contribution >= 0.6 is 0 Å². The number of allylic oxidation sites excluding steroid dienone is 2. The van der Waals surface area contributed by atoms with Gasteiger partial charge in [0.2, 0.25) is 0 Å². The summed E-state index contributed by atoms with van der Waals surface area (Å²) in [7, 11) is 0. The SMILES string of the molecule is CCC/C=C/CCCCCCCCOC[C@H](O)[C@H]1OC[C@@H](O)[C@H]1O. The van der Waals surface area contributed by atoms with Crippen LogP contribution in [0, 0.1) is 0 Å². The van der Waals surface area contributed by atoms with Gasteiger partial charge < -0.3 is 24.8 Å². The Morgan fingerprint density at radius 1 is 1.04 bits per heavy atom. The molecule has 0 aromatic carbocycles. The fourth-order valence-electron chi connectivity index (χ4n) is 2.84. The van der Waals surface area contributed by atoms with E-state index < -0.39 is 24.4 Å². The van der Waals surface area contributed by atoms with Crippen LogP contribution in [0.25, 0.3) is 0 Å². The van der Waals surface area contributed by atoms with Crippen LogP contribution < -0.4 is 0 Å². The van der Waals surface area contributed by atoms with E-state index in [1.165, 1.54) is 44.9 Å². The molecule has 1 rings (SSSR count). The third-order valence-corrected chi connectivity index (χ3v) is 4.39. The van der Waals surface area contributed by atoms with Crippen molar-refractivity contribution in [3.63, 3.8) is 0 Å². The molecule has 0 unspecified atom stereocenters. The lowest BCUT2D eigenvalue weighted by Gasteiger charge is -2.20. The Bertz CT molecular complexity index is 321. The highest BCUT2D eigenvalue weighted by Crippen LogP contribution is 2.18. The molecule has 0 radical (unpaired) electrons. The summed E-state index contributed by atoms with van der Waals surface area (Å²) in [5.74, 6) is 0. The number of aliphatic hydroxyl groups excluding tert-OH is 3. The monoisotopic (exact) mass is 344 g/mol. The van der Waals surface area contributed by atoms with Gasteiger partial charge >= 0.3 is 0 Å². The lowest BCUT2D eigenvalue weighted by Crippen LogP contribution is -2.40. The quantitative estimate of drug-likeness (QED) is 0.333. The molecule has 0 spiro atoms. The molecule has 1 aliphatic heterocycles. The summed E-state index contributed by atoms with van der Waals surface area (Å²) >= 11 is 0. The van der Waals surface area contributed by atoms with Gasteiger partial charge in [-0.25, -0.2) is 0 Å². The molecule has 0 aromatic rings. The third kappa shape index (κ3) is 9.14. The molecule has 1 saturated heterocycles. The smallest absolute Gasteiger partial charge is 0.114 e. The fraction of sp³-hybridized carbons (Fsp3) is 0.895. The zero-order chi connectivity index (χ0) is 17.6. The zero-order valence-corrected chi connectivity index (χ0v) is 15.1. The molecule has 0 bridgehead atoms. The normalized spacial score (nSPS) is 25.6. The standard InChI is InChI=1S/C19H36O5/c1-2-3-4-5-6-7-8-9-10-11-12-13-23-14-17(21)19-18(22)16(20)15-24-19/h4-5,16-22H,2-3,6-15H2,1H3/b5-4+/t16-,17+,18-,19-/m1/s1. The van der Waals surface area contributed by atoms with Gasteiger partial charge in [-0.05, 0) is 25.7 Å². The van der Waals surface area contributed by atoms with Crippen LogP contribution in [0.2, 0.25) is 0 Å². The molecule has 0 aromatic heterocycles. The highest BCUT2D eigenvalue weighted by molar-refractivity contribution is 4.87. The number of hydrogen-bond donors (Lipinski definition) is 3. The van der Waals surface area contributed by atoms with E-state index in [2.05, 4.69) is 19.1 Å². The summed E-state index contributed by atoms with van der Waals surface area (Å²) in [4.78, 5) is 0. The third-order valence-electron chi connectivity index (χ3n) is 4.39. The van der Waals surface area contributed by atoms with Crippen LogP contribution in [0.3, 0.4) is 0 Å². The second kappa shape index (κ2) is 13.8. The van der Waals surface area contributed by atoms with Crippen molar-refractivity contribution in [2.24, 2.45) is 0 Å². The van der Waals surface area contributed by atoms with Gasteiger partial charge in [0, 0.05) is 6.61 Å². The number of ether oxygens (including phenoxy) is 2. The molecule has 4 atom stereocenters. The van der Waals surface area contributed by atoms with Gasteiger partial charge in [-0.2, -0.15) is 0 Å². The van der Waals surface area contributed by atoms with Crippen LogP contribution in [0.5, 0.6) is 0 Å². The molecule has 1 aliphatic rings. The lowest BCUT2D eigenvalue weighted by molar-refractivity contribution is -0.0813. The number of hydrogen-bond acceptors (Lipinski definition) is 5. The first-order chi connectivity index (χ1) is 11.7. The second-order valence-corrected chi connectivity index (χ2v) is 6.67. The molecular weight excluding hydrogens is 308 g/mol. The van der Waals surface area contributed by atoms with E-state index in [4.69, 9.17) is 9.47 Å². The van der Waals surface area contributed by atoms with Gasteiger partial charge in [0.05, 0.1) is 13.2 Å². The average molecular weight is 344 g/mol. The van der Waals surface area contributed by atoms with E-state index in [1.54, 1.807) is 0 Å². The van der Waals surface area contributed by atoms with Crippen LogP contribution in [0.1, 0.15) is 64.7 Å². The Morgan fingerprint density at radius 3 is 2.38 bits per heavy atom. The summed E-state index contributed by atoms with van der Waals surface area (Å²) < 4.78 is 10.6. The first-order valence-corrected chi connectivity index (χ1v) is 9.55. The van der Waals surface area contributed by atoms with Crippen LogP contribution in [0.4, 0.5) is 0 Å². The zero-order valence-electron chi connectivity index (χ0n) is 15.1. The highest BCUT2D eigenvalue weighted by Gasteiger charge is 2.39. The topological polar surface area (TPSA) is 79.2 Å².